The molecule has 1 N–H and O–H groups in total. The van der Waals surface area contributed by atoms with Gasteiger partial charge in [-0.05, 0) is 17.7 Å². The third-order valence-electron chi connectivity index (χ3n) is 3.40. The summed E-state index contributed by atoms with van der Waals surface area (Å²) in [5, 5.41) is 2.71. The van der Waals surface area contributed by atoms with E-state index >= 15 is 0 Å². The quantitative estimate of drug-likeness (QED) is 0.569. The summed E-state index contributed by atoms with van der Waals surface area (Å²) >= 11 is 0. The summed E-state index contributed by atoms with van der Waals surface area (Å²) in [5.41, 5.74) is 1.47. The Morgan fingerprint density at radius 3 is 2.39 bits per heavy atom. The molecule has 7 nitrogen and oxygen atoms in total. The van der Waals surface area contributed by atoms with Crippen molar-refractivity contribution in [1.82, 2.24) is 4.90 Å². The number of hydrogen-bond donors (Lipinski definition) is 1. The molecule has 0 unspecified atom stereocenters. The van der Waals surface area contributed by atoms with E-state index in [1.807, 2.05) is 0 Å². The Hall–Kier alpha value is -2.25. The van der Waals surface area contributed by atoms with E-state index in [1.54, 1.807) is 31.4 Å². The third-order valence-corrected chi connectivity index (χ3v) is 3.40. The van der Waals surface area contributed by atoms with Crippen LogP contribution in [0.4, 0.5) is 5.69 Å². The predicted octanol–water partition coefficient (Wildman–Crippen LogP) is 0.937. The molecule has 1 heterocycles. The second-order valence-corrected chi connectivity index (χ2v) is 5.16. The number of anilines is 1. The smallest absolute Gasteiger partial charge is 0.250 e. The van der Waals surface area contributed by atoms with Gasteiger partial charge in [-0.1, -0.05) is 12.1 Å². The van der Waals surface area contributed by atoms with E-state index in [2.05, 4.69) is 5.32 Å². The van der Waals surface area contributed by atoms with Gasteiger partial charge < -0.3 is 14.8 Å². The molecule has 2 rings (SSSR count). The van der Waals surface area contributed by atoms with Crippen molar-refractivity contribution in [3.63, 3.8) is 0 Å². The van der Waals surface area contributed by atoms with E-state index < -0.39 is 0 Å². The average Bonchev–Trinajstić information content (AvgIpc) is 2.85. The molecule has 0 saturated carbocycles. The van der Waals surface area contributed by atoms with Gasteiger partial charge in [0.25, 0.3) is 0 Å². The third kappa shape index (κ3) is 5.15. The van der Waals surface area contributed by atoms with Gasteiger partial charge in [0.2, 0.25) is 17.7 Å². The van der Waals surface area contributed by atoms with Crippen molar-refractivity contribution in [2.75, 3.05) is 32.2 Å². The number of rotatable bonds is 8. The van der Waals surface area contributed by atoms with Crippen LogP contribution in [-0.2, 0) is 30.4 Å². The molecule has 1 aromatic rings. The molecule has 0 aromatic heterocycles. The van der Waals surface area contributed by atoms with Crippen molar-refractivity contribution >= 4 is 23.4 Å². The highest BCUT2D eigenvalue weighted by Gasteiger charge is 2.28. The molecular formula is C16H20N2O5. The number of hydrogen-bond acceptors (Lipinski definition) is 5. The summed E-state index contributed by atoms with van der Waals surface area (Å²) in [6, 6.07) is 7.02. The van der Waals surface area contributed by atoms with Crippen LogP contribution in [0.5, 0.6) is 0 Å². The van der Waals surface area contributed by atoms with E-state index in [9.17, 15) is 14.4 Å². The largest absolute Gasteiger partial charge is 0.382 e. The minimum atomic E-state index is -0.251. The van der Waals surface area contributed by atoms with Crippen molar-refractivity contribution < 1.29 is 23.9 Å². The Morgan fingerprint density at radius 1 is 1.13 bits per heavy atom. The fourth-order valence-corrected chi connectivity index (χ4v) is 2.18. The van der Waals surface area contributed by atoms with Gasteiger partial charge >= 0.3 is 0 Å². The zero-order valence-electron chi connectivity index (χ0n) is 13.0. The standard InChI is InChI=1S/C16H20N2O5/c1-22-8-9-23-11-14(19)17-13-4-2-12(3-5-13)10-18-15(20)6-7-16(18)21/h2-5H,6-11H2,1H3,(H,17,19). The summed E-state index contributed by atoms with van der Waals surface area (Å²) in [7, 11) is 1.56. The van der Waals surface area contributed by atoms with Crippen molar-refractivity contribution in [3.8, 4) is 0 Å². The molecule has 1 saturated heterocycles. The van der Waals surface area contributed by atoms with Crippen LogP contribution in [0.1, 0.15) is 18.4 Å². The number of carbonyl (C=O) groups excluding carboxylic acids is 3. The van der Waals surface area contributed by atoms with E-state index in [-0.39, 0.29) is 43.7 Å². The Balaban J connectivity index is 1.81. The molecule has 1 fully saturated rings. The van der Waals surface area contributed by atoms with Gasteiger partial charge in [0, 0.05) is 25.6 Å². The molecule has 3 amide bonds. The predicted molar refractivity (Wildman–Crippen MR) is 82.6 cm³/mol. The summed E-state index contributed by atoms with van der Waals surface area (Å²) in [6.45, 7) is 1.03. The summed E-state index contributed by atoms with van der Waals surface area (Å²) in [5.74, 6) is -0.528. The number of benzene rings is 1. The lowest BCUT2D eigenvalue weighted by Gasteiger charge is -2.14. The van der Waals surface area contributed by atoms with Gasteiger partial charge in [-0.15, -0.1) is 0 Å². The molecule has 0 spiro atoms. The second kappa shape index (κ2) is 8.40. The maximum absolute atomic E-state index is 11.7. The van der Waals surface area contributed by atoms with Crippen LogP contribution in [0.25, 0.3) is 0 Å². The zero-order chi connectivity index (χ0) is 16.7. The summed E-state index contributed by atoms with van der Waals surface area (Å²) in [6.07, 6.45) is 0.575. The first-order valence-corrected chi connectivity index (χ1v) is 7.39. The molecule has 7 heteroatoms. The normalized spacial score (nSPS) is 14.4. The molecule has 1 aromatic carbocycles. The monoisotopic (exact) mass is 320 g/mol. The van der Waals surface area contributed by atoms with E-state index in [0.29, 0.717) is 18.9 Å². The van der Waals surface area contributed by atoms with Gasteiger partial charge in [0.1, 0.15) is 6.61 Å². The minimum absolute atomic E-state index is 0.0398. The maximum atomic E-state index is 11.7. The first-order valence-electron chi connectivity index (χ1n) is 7.39. The fourth-order valence-electron chi connectivity index (χ4n) is 2.18. The van der Waals surface area contributed by atoms with Gasteiger partial charge in [-0.25, -0.2) is 0 Å². The Kier molecular flexibility index (Phi) is 6.25. The van der Waals surface area contributed by atoms with Gasteiger partial charge in [0.05, 0.1) is 19.8 Å². The number of nitrogens with one attached hydrogen (secondary N) is 1. The highest BCUT2D eigenvalue weighted by atomic mass is 16.5. The van der Waals surface area contributed by atoms with Crippen LogP contribution >= 0.6 is 0 Å². The number of carbonyl (C=O) groups is 3. The van der Waals surface area contributed by atoms with Crippen LogP contribution in [-0.4, -0.2) is 49.6 Å². The number of nitrogens with zero attached hydrogens (tertiary/aromatic N) is 1. The molecular weight excluding hydrogens is 300 g/mol. The van der Waals surface area contributed by atoms with E-state index in [0.717, 1.165) is 5.56 Å². The second-order valence-electron chi connectivity index (χ2n) is 5.16. The highest BCUT2D eigenvalue weighted by molar-refractivity contribution is 6.01. The Labute approximate surface area is 134 Å². The van der Waals surface area contributed by atoms with E-state index in [1.165, 1.54) is 4.90 Å². The first kappa shape index (κ1) is 17.1. The number of amides is 3. The lowest BCUT2D eigenvalue weighted by Crippen LogP contribution is -2.28. The van der Waals surface area contributed by atoms with Crippen LogP contribution < -0.4 is 5.32 Å². The molecule has 1 aliphatic rings. The fraction of sp³-hybridized carbons (Fsp3) is 0.438. The van der Waals surface area contributed by atoms with Crippen molar-refractivity contribution in [1.29, 1.82) is 0 Å². The number of likely N-dealkylation sites (tertiary alicyclic amines) is 1. The van der Waals surface area contributed by atoms with Crippen molar-refractivity contribution in [3.05, 3.63) is 29.8 Å². The molecule has 0 aliphatic carbocycles. The molecule has 23 heavy (non-hydrogen) atoms. The van der Waals surface area contributed by atoms with Crippen LogP contribution in [0, 0.1) is 0 Å². The van der Waals surface area contributed by atoms with Gasteiger partial charge in [0.15, 0.2) is 0 Å². The van der Waals surface area contributed by atoms with Crippen molar-refractivity contribution in [2.24, 2.45) is 0 Å². The van der Waals surface area contributed by atoms with Crippen LogP contribution in [0.2, 0.25) is 0 Å². The van der Waals surface area contributed by atoms with Crippen LogP contribution in [0.3, 0.4) is 0 Å². The topological polar surface area (TPSA) is 84.9 Å². The number of methoxy groups -OCH3 is 1. The molecule has 0 atom stereocenters. The lowest BCUT2D eigenvalue weighted by molar-refractivity contribution is -0.139. The molecule has 124 valence electrons. The molecule has 0 radical (unpaired) electrons. The van der Waals surface area contributed by atoms with Gasteiger partial charge in [-0.3, -0.25) is 19.3 Å². The van der Waals surface area contributed by atoms with Gasteiger partial charge in [-0.2, -0.15) is 0 Å². The number of imide groups is 1. The Bertz CT molecular complexity index is 554. The maximum Gasteiger partial charge on any atom is 0.250 e. The number of ether oxygens (including phenoxy) is 2. The molecule has 1 aliphatic heterocycles. The molecule has 0 bridgehead atoms. The highest BCUT2D eigenvalue weighted by Crippen LogP contribution is 2.17. The average molecular weight is 320 g/mol. The zero-order valence-corrected chi connectivity index (χ0v) is 13.0. The Morgan fingerprint density at radius 2 is 1.78 bits per heavy atom. The minimum Gasteiger partial charge on any atom is -0.382 e. The summed E-state index contributed by atoms with van der Waals surface area (Å²) < 4.78 is 9.94. The SMILES string of the molecule is COCCOCC(=O)Nc1ccc(CN2C(=O)CCC2=O)cc1. The van der Waals surface area contributed by atoms with E-state index in [4.69, 9.17) is 9.47 Å². The first-order chi connectivity index (χ1) is 11.1. The summed E-state index contributed by atoms with van der Waals surface area (Å²) in [4.78, 5) is 36.1. The lowest BCUT2D eigenvalue weighted by atomic mass is 10.2. The van der Waals surface area contributed by atoms with Crippen molar-refractivity contribution in [2.45, 2.75) is 19.4 Å². The van der Waals surface area contributed by atoms with Crippen LogP contribution in [0.15, 0.2) is 24.3 Å².